The molecule has 0 radical (unpaired) electrons. The van der Waals surface area contributed by atoms with Crippen LogP contribution in [0, 0.1) is 0 Å². The first-order valence-electron chi connectivity index (χ1n) is 5.62. The normalized spacial score (nSPS) is 13.8. The van der Waals surface area contributed by atoms with E-state index in [1.54, 1.807) is 6.07 Å². The second-order valence-electron chi connectivity index (χ2n) is 3.81. The monoisotopic (exact) mass is 283 g/mol. The molecule has 0 amide bonds. The zero-order valence-corrected chi connectivity index (χ0v) is 9.96. The van der Waals surface area contributed by atoms with E-state index >= 15 is 0 Å². The summed E-state index contributed by atoms with van der Waals surface area (Å²) in [6, 6.07) is 5.49. The number of alkyl halides is 5. The predicted octanol–water partition coefficient (Wildman–Crippen LogP) is 3.16. The van der Waals surface area contributed by atoms with Crippen LogP contribution in [0.3, 0.4) is 0 Å². The number of rotatable bonds is 7. The third-order valence-electron chi connectivity index (χ3n) is 2.30. The second-order valence-corrected chi connectivity index (χ2v) is 3.81. The summed E-state index contributed by atoms with van der Waals surface area (Å²) in [5.41, 5.74) is 0.0730. The molecule has 19 heavy (non-hydrogen) atoms. The molecule has 1 atom stereocenters. The van der Waals surface area contributed by atoms with Crippen molar-refractivity contribution in [1.82, 2.24) is 5.32 Å². The third-order valence-corrected chi connectivity index (χ3v) is 2.30. The summed E-state index contributed by atoms with van der Waals surface area (Å²) in [4.78, 5) is 0. The fourth-order valence-electron chi connectivity index (χ4n) is 1.52. The zero-order chi connectivity index (χ0) is 14.3. The van der Waals surface area contributed by atoms with Crippen LogP contribution >= 0.6 is 0 Å². The number of halogens is 5. The molecule has 0 aliphatic heterocycles. The van der Waals surface area contributed by atoms with Gasteiger partial charge in [-0.1, -0.05) is 30.3 Å². The molecule has 0 aliphatic rings. The van der Waals surface area contributed by atoms with E-state index in [9.17, 15) is 22.0 Å². The highest BCUT2D eigenvalue weighted by molar-refractivity contribution is 5.20. The second kappa shape index (κ2) is 7.40. The van der Waals surface area contributed by atoms with Gasteiger partial charge in [0.2, 0.25) is 0 Å². The molecular formula is C12H14F5NO. The minimum atomic E-state index is -4.45. The van der Waals surface area contributed by atoms with E-state index in [0.29, 0.717) is 0 Å². The van der Waals surface area contributed by atoms with Crippen LogP contribution in [0.4, 0.5) is 22.0 Å². The van der Waals surface area contributed by atoms with E-state index in [-0.39, 0.29) is 18.7 Å². The average molecular weight is 283 g/mol. The van der Waals surface area contributed by atoms with Crippen LogP contribution < -0.4 is 5.32 Å². The Morgan fingerprint density at radius 3 is 2.26 bits per heavy atom. The Labute approximate surface area is 107 Å². The molecule has 7 heteroatoms. The van der Waals surface area contributed by atoms with Gasteiger partial charge in [0.05, 0.1) is 6.61 Å². The average Bonchev–Trinajstić information content (AvgIpc) is 2.32. The summed E-state index contributed by atoms with van der Waals surface area (Å²) in [6.45, 7) is -1.14. The van der Waals surface area contributed by atoms with E-state index in [1.807, 2.05) is 0 Å². The fourth-order valence-corrected chi connectivity index (χ4v) is 1.52. The van der Waals surface area contributed by atoms with Crippen LogP contribution in [0.25, 0.3) is 0 Å². The Balaban J connectivity index is 2.49. The Morgan fingerprint density at radius 2 is 1.74 bits per heavy atom. The van der Waals surface area contributed by atoms with Crippen LogP contribution in [0.15, 0.2) is 30.3 Å². The highest BCUT2D eigenvalue weighted by Crippen LogP contribution is 2.32. The first kappa shape index (κ1) is 15.8. The maximum atomic E-state index is 12.8. The molecule has 0 saturated carbocycles. The summed E-state index contributed by atoms with van der Waals surface area (Å²) >= 11 is 0. The van der Waals surface area contributed by atoms with Gasteiger partial charge in [0.1, 0.15) is 12.6 Å². The van der Waals surface area contributed by atoms with Crippen molar-refractivity contribution in [1.29, 1.82) is 0 Å². The Hall–Kier alpha value is -1.21. The topological polar surface area (TPSA) is 21.3 Å². The molecule has 2 nitrogen and oxygen atoms in total. The van der Waals surface area contributed by atoms with Crippen LogP contribution in [0.1, 0.15) is 11.6 Å². The summed E-state index contributed by atoms with van der Waals surface area (Å²) in [5, 5.41) is 2.25. The van der Waals surface area contributed by atoms with Crippen molar-refractivity contribution in [3.8, 4) is 0 Å². The van der Waals surface area contributed by atoms with Crippen molar-refractivity contribution in [2.24, 2.45) is 0 Å². The molecule has 1 unspecified atom stereocenters. The quantitative estimate of drug-likeness (QED) is 0.613. The molecule has 0 aromatic heterocycles. The highest BCUT2D eigenvalue weighted by Gasteiger charge is 2.40. The van der Waals surface area contributed by atoms with E-state index in [4.69, 9.17) is 0 Å². The Kier molecular flexibility index (Phi) is 6.17. The molecule has 0 heterocycles. The van der Waals surface area contributed by atoms with Crippen molar-refractivity contribution in [2.75, 3.05) is 19.8 Å². The lowest BCUT2D eigenvalue weighted by Crippen LogP contribution is -2.36. The van der Waals surface area contributed by atoms with Crippen LogP contribution in [-0.4, -0.2) is 32.4 Å². The van der Waals surface area contributed by atoms with Gasteiger partial charge in [-0.25, -0.2) is 8.78 Å². The van der Waals surface area contributed by atoms with Crippen molar-refractivity contribution < 1.29 is 26.7 Å². The number of nitrogens with one attached hydrogen (secondary N) is 1. The zero-order valence-electron chi connectivity index (χ0n) is 9.96. The molecule has 0 fully saturated rings. The third kappa shape index (κ3) is 5.98. The van der Waals surface area contributed by atoms with Gasteiger partial charge in [0, 0.05) is 6.54 Å². The largest absolute Gasteiger partial charge is 0.407 e. The number of hydrogen-bond donors (Lipinski definition) is 1. The molecular weight excluding hydrogens is 269 g/mol. The van der Waals surface area contributed by atoms with Gasteiger partial charge in [-0.05, 0) is 5.56 Å². The summed E-state index contributed by atoms with van der Waals surface area (Å²) in [6.07, 6.45) is -7.07. The van der Waals surface area contributed by atoms with E-state index in [0.717, 1.165) is 0 Å². The standard InChI is InChI=1S/C12H14F5NO/c13-10(14)8-19-7-6-18-11(12(15,16)17)9-4-2-1-3-5-9/h1-5,10-11,18H,6-8H2. The molecule has 108 valence electrons. The maximum absolute atomic E-state index is 12.8. The molecule has 1 N–H and O–H groups in total. The molecule has 1 rings (SSSR count). The molecule has 1 aromatic rings. The Bertz CT molecular complexity index is 355. The molecule has 0 saturated heterocycles. The molecule has 0 bridgehead atoms. The van der Waals surface area contributed by atoms with Crippen LogP contribution in [-0.2, 0) is 4.74 Å². The number of ether oxygens (including phenoxy) is 1. The smallest absolute Gasteiger partial charge is 0.374 e. The van der Waals surface area contributed by atoms with Gasteiger partial charge in [-0.15, -0.1) is 0 Å². The highest BCUT2D eigenvalue weighted by atomic mass is 19.4. The molecule has 0 aliphatic carbocycles. The van der Waals surface area contributed by atoms with Crippen LogP contribution in [0.2, 0.25) is 0 Å². The fraction of sp³-hybridized carbons (Fsp3) is 0.500. The maximum Gasteiger partial charge on any atom is 0.407 e. The van der Waals surface area contributed by atoms with Gasteiger partial charge in [-0.3, -0.25) is 0 Å². The van der Waals surface area contributed by atoms with Gasteiger partial charge in [0.15, 0.2) is 0 Å². The van der Waals surface area contributed by atoms with Gasteiger partial charge in [0.25, 0.3) is 6.43 Å². The lowest BCUT2D eigenvalue weighted by molar-refractivity contribution is -0.158. The van der Waals surface area contributed by atoms with E-state index in [2.05, 4.69) is 10.1 Å². The molecule has 0 spiro atoms. The van der Waals surface area contributed by atoms with Crippen LogP contribution in [0.5, 0.6) is 0 Å². The van der Waals surface area contributed by atoms with Crippen molar-refractivity contribution in [2.45, 2.75) is 18.6 Å². The molecule has 1 aromatic carbocycles. The van der Waals surface area contributed by atoms with Gasteiger partial charge in [-0.2, -0.15) is 13.2 Å². The van der Waals surface area contributed by atoms with Crippen molar-refractivity contribution in [3.63, 3.8) is 0 Å². The van der Waals surface area contributed by atoms with E-state index in [1.165, 1.54) is 24.3 Å². The first-order chi connectivity index (χ1) is 8.91. The van der Waals surface area contributed by atoms with E-state index < -0.39 is 25.3 Å². The van der Waals surface area contributed by atoms with Gasteiger partial charge < -0.3 is 10.1 Å². The minimum absolute atomic E-state index is 0.0730. The number of hydrogen-bond acceptors (Lipinski definition) is 2. The van der Waals surface area contributed by atoms with Gasteiger partial charge >= 0.3 is 6.18 Å². The minimum Gasteiger partial charge on any atom is -0.374 e. The lowest BCUT2D eigenvalue weighted by Gasteiger charge is -2.22. The van der Waals surface area contributed by atoms with Crippen molar-refractivity contribution in [3.05, 3.63) is 35.9 Å². The first-order valence-corrected chi connectivity index (χ1v) is 5.62. The summed E-state index contributed by atoms with van der Waals surface area (Å²) in [5.74, 6) is 0. The number of benzene rings is 1. The predicted molar refractivity (Wildman–Crippen MR) is 60.1 cm³/mol. The summed E-state index contributed by atoms with van der Waals surface area (Å²) in [7, 11) is 0. The lowest BCUT2D eigenvalue weighted by atomic mass is 10.1. The SMILES string of the molecule is FC(F)COCCNC(c1ccccc1)C(F)(F)F. The summed E-state index contributed by atoms with van der Waals surface area (Å²) < 4.78 is 66.5. The Morgan fingerprint density at radius 1 is 1.11 bits per heavy atom. The van der Waals surface area contributed by atoms with Crippen molar-refractivity contribution >= 4 is 0 Å².